The molecule has 168 valence electrons. The van der Waals surface area contributed by atoms with Gasteiger partial charge in [-0.3, -0.25) is 14.5 Å². The molecule has 1 saturated heterocycles. The van der Waals surface area contributed by atoms with E-state index in [2.05, 4.69) is 15.9 Å². The average Bonchev–Trinajstić information content (AvgIpc) is 3.07. The van der Waals surface area contributed by atoms with Crippen molar-refractivity contribution in [1.29, 1.82) is 0 Å². The first-order valence-electron chi connectivity index (χ1n) is 9.98. The van der Waals surface area contributed by atoms with Crippen molar-refractivity contribution in [3.8, 4) is 11.5 Å². The van der Waals surface area contributed by atoms with Crippen molar-refractivity contribution in [3.05, 3.63) is 97.8 Å². The lowest BCUT2D eigenvalue weighted by Gasteiger charge is -2.13. The van der Waals surface area contributed by atoms with Crippen LogP contribution in [0.4, 0.5) is 4.79 Å². The van der Waals surface area contributed by atoms with Gasteiger partial charge in [-0.1, -0.05) is 63.9 Å². The minimum atomic E-state index is -0.319. The van der Waals surface area contributed by atoms with Gasteiger partial charge in [0.1, 0.15) is 6.61 Å². The first-order valence-corrected chi connectivity index (χ1v) is 12.0. The lowest BCUT2D eigenvalue weighted by Crippen LogP contribution is -2.27. The van der Waals surface area contributed by atoms with E-state index in [0.717, 1.165) is 32.9 Å². The van der Waals surface area contributed by atoms with Gasteiger partial charge < -0.3 is 9.47 Å². The summed E-state index contributed by atoms with van der Waals surface area (Å²) < 4.78 is 12.2. The number of hydrogen-bond acceptors (Lipinski definition) is 5. The Hall–Kier alpha value is -2.74. The smallest absolute Gasteiger partial charge is 0.293 e. The van der Waals surface area contributed by atoms with Crippen molar-refractivity contribution in [3.63, 3.8) is 0 Å². The molecule has 1 fully saturated rings. The van der Waals surface area contributed by atoms with Crippen molar-refractivity contribution in [2.45, 2.75) is 13.2 Å². The molecule has 0 saturated carbocycles. The zero-order chi connectivity index (χ0) is 23.4. The minimum Gasteiger partial charge on any atom is -0.493 e. The van der Waals surface area contributed by atoms with E-state index < -0.39 is 0 Å². The Balaban J connectivity index is 1.52. The predicted molar refractivity (Wildman–Crippen MR) is 134 cm³/mol. The highest BCUT2D eigenvalue weighted by Gasteiger charge is 2.35. The molecule has 3 aromatic carbocycles. The van der Waals surface area contributed by atoms with Gasteiger partial charge in [0, 0.05) is 9.50 Å². The maximum absolute atomic E-state index is 12.9. The number of methoxy groups -OCH3 is 1. The number of hydrogen-bond donors (Lipinski definition) is 0. The molecule has 0 aliphatic carbocycles. The molecule has 0 spiro atoms. The summed E-state index contributed by atoms with van der Waals surface area (Å²) in [5, 5.41) is 0.363. The zero-order valence-electron chi connectivity index (χ0n) is 17.6. The van der Waals surface area contributed by atoms with Gasteiger partial charge in [-0.2, -0.15) is 0 Å². The Morgan fingerprint density at radius 2 is 1.79 bits per heavy atom. The summed E-state index contributed by atoms with van der Waals surface area (Å²) in [6.45, 7) is 0.543. The normalized spacial score (nSPS) is 14.8. The van der Waals surface area contributed by atoms with Crippen molar-refractivity contribution < 1.29 is 19.1 Å². The molecule has 1 heterocycles. The molecule has 5 nitrogen and oxygen atoms in total. The number of benzene rings is 3. The highest BCUT2D eigenvalue weighted by Crippen LogP contribution is 2.36. The largest absolute Gasteiger partial charge is 0.493 e. The predicted octanol–water partition coefficient (Wildman–Crippen LogP) is 6.93. The lowest BCUT2D eigenvalue weighted by atomic mass is 10.1. The Morgan fingerprint density at radius 1 is 1.03 bits per heavy atom. The number of amides is 2. The molecule has 4 rings (SSSR count). The molecular formula is C25H19BrClNO4S. The van der Waals surface area contributed by atoms with E-state index in [0.29, 0.717) is 28.0 Å². The Bertz CT molecular complexity index is 1230. The summed E-state index contributed by atoms with van der Waals surface area (Å²) in [4.78, 5) is 27.0. The summed E-state index contributed by atoms with van der Waals surface area (Å²) >= 11 is 10.3. The zero-order valence-corrected chi connectivity index (χ0v) is 20.7. The number of imide groups is 1. The molecule has 1 aliphatic rings. The first-order chi connectivity index (χ1) is 15.9. The van der Waals surface area contributed by atoms with Gasteiger partial charge in [-0.25, -0.2) is 0 Å². The number of carbonyl (C=O) groups excluding carboxylic acids is 2. The Labute approximate surface area is 209 Å². The highest BCUT2D eigenvalue weighted by molar-refractivity contribution is 9.10. The standard InChI is InChI=1S/C25H19BrClNO4S/c1-31-21-11-8-17(12-22(21)32-15-16-6-9-19(27)10-7-16)13-23-24(29)28(25(30)33-23)14-18-4-2-3-5-20(18)26/h2-13H,14-15H2,1H3/b23-13-. The molecular weight excluding hydrogens is 526 g/mol. The van der Waals surface area contributed by atoms with Crippen molar-refractivity contribution in [2.75, 3.05) is 7.11 Å². The van der Waals surface area contributed by atoms with E-state index in [1.54, 1.807) is 37.5 Å². The van der Waals surface area contributed by atoms with Crippen LogP contribution >= 0.6 is 39.3 Å². The molecule has 8 heteroatoms. The fourth-order valence-corrected chi connectivity index (χ4v) is 4.60. The van der Waals surface area contributed by atoms with Gasteiger partial charge >= 0.3 is 0 Å². The van der Waals surface area contributed by atoms with Crippen LogP contribution in [0, 0.1) is 0 Å². The van der Waals surface area contributed by atoms with Crippen LogP contribution in [0.5, 0.6) is 11.5 Å². The van der Waals surface area contributed by atoms with Gasteiger partial charge in [0.05, 0.1) is 18.6 Å². The van der Waals surface area contributed by atoms with Gasteiger partial charge in [-0.05, 0) is 64.9 Å². The third-order valence-electron chi connectivity index (χ3n) is 4.95. The molecule has 0 unspecified atom stereocenters. The van der Waals surface area contributed by atoms with Crippen molar-refractivity contribution >= 4 is 56.5 Å². The summed E-state index contributed by atoms with van der Waals surface area (Å²) in [6.07, 6.45) is 1.69. The monoisotopic (exact) mass is 543 g/mol. The van der Waals surface area contributed by atoms with Crippen LogP contribution in [0.3, 0.4) is 0 Å². The minimum absolute atomic E-state index is 0.210. The van der Waals surface area contributed by atoms with Crippen LogP contribution in [-0.4, -0.2) is 23.2 Å². The van der Waals surface area contributed by atoms with E-state index in [9.17, 15) is 9.59 Å². The second kappa shape index (κ2) is 10.5. The average molecular weight is 545 g/mol. The second-order valence-corrected chi connectivity index (χ2v) is 9.47. The molecule has 0 aromatic heterocycles. The molecule has 3 aromatic rings. The third-order valence-corrected chi connectivity index (χ3v) is 6.89. The van der Waals surface area contributed by atoms with Crippen LogP contribution in [-0.2, 0) is 17.9 Å². The van der Waals surface area contributed by atoms with Gasteiger partial charge in [0.25, 0.3) is 11.1 Å². The second-order valence-electron chi connectivity index (χ2n) is 7.18. The number of rotatable bonds is 7. The summed E-state index contributed by atoms with van der Waals surface area (Å²) in [5.41, 5.74) is 2.55. The van der Waals surface area contributed by atoms with Crippen molar-refractivity contribution in [2.24, 2.45) is 0 Å². The van der Waals surface area contributed by atoms with Crippen molar-refractivity contribution in [1.82, 2.24) is 4.90 Å². The van der Waals surface area contributed by atoms with E-state index >= 15 is 0 Å². The lowest BCUT2D eigenvalue weighted by molar-refractivity contribution is -0.123. The molecule has 2 amide bonds. The molecule has 0 bridgehead atoms. The van der Waals surface area contributed by atoms with Gasteiger partial charge in [-0.15, -0.1) is 0 Å². The quantitative estimate of drug-likeness (QED) is 0.302. The van der Waals surface area contributed by atoms with E-state index in [1.165, 1.54) is 4.90 Å². The van der Waals surface area contributed by atoms with E-state index in [-0.39, 0.29) is 17.7 Å². The highest BCUT2D eigenvalue weighted by atomic mass is 79.9. The molecule has 0 N–H and O–H groups in total. The number of ether oxygens (including phenoxy) is 2. The summed E-state index contributed by atoms with van der Waals surface area (Å²) in [7, 11) is 1.57. The van der Waals surface area contributed by atoms with Crippen LogP contribution in [0.1, 0.15) is 16.7 Å². The maximum Gasteiger partial charge on any atom is 0.293 e. The fourth-order valence-electron chi connectivity index (χ4n) is 3.22. The number of thioether (sulfide) groups is 1. The third kappa shape index (κ3) is 5.61. The Kier molecular flexibility index (Phi) is 7.42. The molecule has 1 aliphatic heterocycles. The SMILES string of the molecule is COc1ccc(/C=C2\SC(=O)N(Cc3ccccc3Br)C2=O)cc1OCc1ccc(Cl)cc1. The van der Waals surface area contributed by atoms with Crippen LogP contribution < -0.4 is 9.47 Å². The molecule has 0 atom stereocenters. The van der Waals surface area contributed by atoms with E-state index in [1.807, 2.05) is 42.5 Å². The first kappa shape index (κ1) is 23.4. The number of carbonyl (C=O) groups is 2. The van der Waals surface area contributed by atoms with Gasteiger partial charge in [0.2, 0.25) is 0 Å². The maximum atomic E-state index is 12.9. The Morgan fingerprint density at radius 3 is 2.52 bits per heavy atom. The fraction of sp³-hybridized carbons (Fsp3) is 0.120. The summed E-state index contributed by atoms with van der Waals surface area (Å²) in [5.74, 6) is 0.789. The number of nitrogens with zero attached hydrogens (tertiary/aromatic N) is 1. The van der Waals surface area contributed by atoms with Crippen LogP contribution in [0.15, 0.2) is 76.1 Å². The molecule has 0 radical (unpaired) electrons. The topological polar surface area (TPSA) is 55.8 Å². The van der Waals surface area contributed by atoms with E-state index in [4.69, 9.17) is 21.1 Å². The van der Waals surface area contributed by atoms with Gasteiger partial charge in [0.15, 0.2) is 11.5 Å². The van der Waals surface area contributed by atoms with Crippen LogP contribution in [0.2, 0.25) is 5.02 Å². The molecule has 33 heavy (non-hydrogen) atoms. The van der Waals surface area contributed by atoms with Crippen LogP contribution in [0.25, 0.3) is 6.08 Å². The summed E-state index contributed by atoms with van der Waals surface area (Å²) in [6, 6.07) is 20.3. The number of halogens is 2.